The maximum absolute atomic E-state index is 12.2. The van der Waals surface area contributed by atoms with Crippen molar-refractivity contribution in [2.75, 3.05) is 26.2 Å². The summed E-state index contributed by atoms with van der Waals surface area (Å²) in [6.07, 6.45) is 2.24. The van der Waals surface area contributed by atoms with Gasteiger partial charge in [0, 0.05) is 32.2 Å². The molecule has 1 aromatic carbocycles. The molecule has 7 nitrogen and oxygen atoms in total. The molecule has 144 valence electrons. The summed E-state index contributed by atoms with van der Waals surface area (Å²) in [5.74, 6) is 1.17. The lowest BCUT2D eigenvalue weighted by atomic mass is 10.2. The van der Waals surface area contributed by atoms with E-state index >= 15 is 0 Å². The van der Waals surface area contributed by atoms with E-state index in [2.05, 4.69) is 25.3 Å². The average molecular weight is 390 g/mol. The molecule has 2 aliphatic rings. The van der Waals surface area contributed by atoms with Gasteiger partial charge in [-0.2, -0.15) is 0 Å². The summed E-state index contributed by atoms with van der Waals surface area (Å²) >= 11 is 6.19. The van der Waals surface area contributed by atoms with Gasteiger partial charge in [0.25, 0.3) is 0 Å². The van der Waals surface area contributed by atoms with Crippen LogP contribution in [0.1, 0.15) is 25.7 Å². The number of hydrogen-bond donors (Lipinski definition) is 1. The zero-order chi connectivity index (χ0) is 18.8. The van der Waals surface area contributed by atoms with Crippen molar-refractivity contribution < 1.29 is 9.21 Å². The van der Waals surface area contributed by atoms with E-state index in [9.17, 15) is 4.79 Å². The topological polar surface area (TPSA) is 74.5 Å². The number of carbonyl (C=O) groups is 1. The van der Waals surface area contributed by atoms with Crippen molar-refractivity contribution in [2.24, 2.45) is 0 Å². The first-order chi connectivity index (χ1) is 13.1. The Hall–Kier alpha value is -1.96. The Balaban J connectivity index is 1.29. The zero-order valence-corrected chi connectivity index (χ0v) is 16.2. The summed E-state index contributed by atoms with van der Waals surface area (Å²) in [5.41, 5.74) is 0.748. The monoisotopic (exact) mass is 389 g/mol. The van der Waals surface area contributed by atoms with E-state index in [4.69, 9.17) is 16.0 Å². The molecule has 0 spiro atoms. The second-order valence-corrected chi connectivity index (χ2v) is 7.66. The smallest absolute Gasteiger partial charge is 0.249 e. The van der Waals surface area contributed by atoms with Crippen LogP contribution < -0.4 is 5.32 Å². The molecule has 2 fully saturated rings. The number of piperazine rings is 1. The highest BCUT2D eigenvalue weighted by Gasteiger charge is 2.30. The van der Waals surface area contributed by atoms with Crippen LogP contribution in [-0.4, -0.2) is 64.2 Å². The van der Waals surface area contributed by atoms with Gasteiger partial charge in [-0.1, -0.05) is 23.7 Å². The normalized spacial score (nSPS) is 19.8. The van der Waals surface area contributed by atoms with E-state index in [1.165, 1.54) is 0 Å². The van der Waals surface area contributed by atoms with Crippen molar-refractivity contribution in [2.45, 2.75) is 38.4 Å². The molecule has 2 heterocycles. The highest BCUT2D eigenvalue weighted by molar-refractivity contribution is 6.33. The fourth-order valence-corrected chi connectivity index (χ4v) is 3.49. The number of halogens is 1. The standard InChI is InChI=1S/C19H24ClN5O2/c1-13(18(26)21-14-6-7-14)25-10-8-24(9-11-25)12-17-22-23-19(27-17)15-4-2-3-5-16(15)20/h2-5,13-14H,6-12H2,1H3,(H,21,26)/t13-/m1/s1. The Kier molecular flexibility index (Phi) is 5.43. The van der Waals surface area contributed by atoms with E-state index in [-0.39, 0.29) is 11.9 Å². The van der Waals surface area contributed by atoms with Crippen LogP contribution in [0.3, 0.4) is 0 Å². The first kappa shape index (κ1) is 18.4. The van der Waals surface area contributed by atoms with Gasteiger partial charge in [-0.25, -0.2) is 0 Å². The summed E-state index contributed by atoms with van der Waals surface area (Å²) in [5, 5.41) is 12.0. The molecule has 1 saturated heterocycles. The molecular formula is C19H24ClN5O2. The van der Waals surface area contributed by atoms with Crippen molar-refractivity contribution in [3.05, 3.63) is 35.2 Å². The fraction of sp³-hybridized carbons (Fsp3) is 0.526. The molecule has 1 amide bonds. The van der Waals surface area contributed by atoms with Gasteiger partial charge >= 0.3 is 0 Å². The van der Waals surface area contributed by atoms with Crippen molar-refractivity contribution in [1.82, 2.24) is 25.3 Å². The Bertz CT molecular complexity index is 799. The molecule has 8 heteroatoms. The van der Waals surface area contributed by atoms with Crippen LogP contribution in [0.2, 0.25) is 5.02 Å². The van der Waals surface area contributed by atoms with Crippen LogP contribution in [0.4, 0.5) is 0 Å². The van der Waals surface area contributed by atoms with E-state index in [0.717, 1.165) is 44.6 Å². The lowest BCUT2D eigenvalue weighted by molar-refractivity contribution is -0.126. The van der Waals surface area contributed by atoms with Gasteiger partial charge in [0.2, 0.25) is 17.7 Å². The summed E-state index contributed by atoms with van der Waals surface area (Å²) in [7, 11) is 0. The van der Waals surface area contributed by atoms with E-state index in [0.29, 0.717) is 29.4 Å². The Labute approximate surface area is 163 Å². The van der Waals surface area contributed by atoms with Crippen LogP contribution in [-0.2, 0) is 11.3 Å². The number of nitrogens with one attached hydrogen (secondary N) is 1. The second kappa shape index (κ2) is 7.96. The molecule has 0 radical (unpaired) electrons. The molecule has 0 bridgehead atoms. The third kappa shape index (κ3) is 4.48. The van der Waals surface area contributed by atoms with Crippen molar-refractivity contribution >= 4 is 17.5 Å². The summed E-state index contributed by atoms with van der Waals surface area (Å²) in [4.78, 5) is 16.7. The lowest BCUT2D eigenvalue weighted by Crippen LogP contribution is -2.53. The van der Waals surface area contributed by atoms with Gasteiger partial charge in [-0.05, 0) is 31.9 Å². The minimum atomic E-state index is -0.0806. The average Bonchev–Trinajstić information content (AvgIpc) is 3.38. The van der Waals surface area contributed by atoms with Crippen LogP contribution in [0.15, 0.2) is 28.7 Å². The number of amides is 1. The van der Waals surface area contributed by atoms with Crippen molar-refractivity contribution in [3.8, 4) is 11.5 Å². The number of aromatic nitrogens is 2. The first-order valence-corrected chi connectivity index (χ1v) is 9.82. The Morgan fingerprint density at radius 2 is 2.00 bits per heavy atom. The van der Waals surface area contributed by atoms with E-state index < -0.39 is 0 Å². The molecule has 1 atom stereocenters. The summed E-state index contributed by atoms with van der Waals surface area (Å²) < 4.78 is 5.79. The first-order valence-electron chi connectivity index (χ1n) is 9.44. The van der Waals surface area contributed by atoms with Crippen LogP contribution in [0.5, 0.6) is 0 Å². The third-order valence-electron chi connectivity index (χ3n) is 5.19. The number of benzene rings is 1. The van der Waals surface area contributed by atoms with Crippen molar-refractivity contribution in [1.29, 1.82) is 0 Å². The molecule has 1 aliphatic carbocycles. The highest BCUT2D eigenvalue weighted by atomic mass is 35.5. The maximum Gasteiger partial charge on any atom is 0.249 e. The molecular weight excluding hydrogens is 366 g/mol. The zero-order valence-electron chi connectivity index (χ0n) is 15.4. The van der Waals surface area contributed by atoms with Crippen molar-refractivity contribution in [3.63, 3.8) is 0 Å². The predicted octanol–water partition coefficient (Wildman–Crippen LogP) is 2.17. The predicted molar refractivity (Wildman–Crippen MR) is 102 cm³/mol. The SMILES string of the molecule is C[C@H](C(=O)NC1CC1)N1CCN(Cc2nnc(-c3ccccc3Cl)o2)CC1. The van der Waals surface area contributed by atoms with Gasteiger partial charge in [0.05, 0.1) is 23.2 Å². The van der Waals surface area contributed by atoms with E-state index in [1.807, 2.05) is 25.1 Å². The van der Waals surface area contributed by atoms with Gasteiger partial charge in [0.15, 0.2) is 0 Å². The summed E-state index contributed by atoms with van der Waals surface area (Å²) in [6, 6.07) is 7.76. The number of rotatable bonds is 6. The molecule has 2 aromatic rings. The van der Waals surface area contributed by atoms with Gasteiger partial charge in [0.1, 0.15) is 0 Å². The number of carbonyl (C=O) groups excluding carboxylic acids is 1. The fourth-order valence-electron chi connectivity index (χ4n) is 3.28. The molecule has 4 rings (SSSR count). The lowest BCUT2D eigenvalue weighted by Gasteiger charge is -2.36. The minimum Gasteiger partial charge on any atom is -0.419 e. The largest absolute Gasteiger partial charge is 0.419 e. The highest BCUT2D eigenvalue weighted by Crippen LogP contribution is 2.26. The van der Waals surface area contributed by atoms with E-state index in [1.54, 1.807) is 6.07 Å². The second-order valence-electron chi connectivity index (χ2n) is 7.25. The molecule has 1 N–H and O–H groups in total. The van der Waals surface area contributed by atoms with Crippen LogP contribution >= 0.6 is 11.6 Å². The number of hydrogen-bond acceptors (Lipinski definition) is 6. The quantitative estimate of drug-likeness (QED) is 0.816. The Morgan fingerprint density at radius 1 is 1.26 bits per heavy atom. The van der Waals surface area contributed by atoms with Gasteiger partial charge in [-0.15, -0.1) is 10.2 Å². The number of nitrogens with zero attached hydrogens (tertiary/aromatic N) is 4. The third-order valence-corrected chi connectivity index (χ3v) is 5.52. The Morgan fingerprint density at radius 3 is 2.70 bits per heavy atom. The molecule has 1 aliphatic heterocycles. The van der Waals surface area contributed by atoms with Crippen LogP contribution in [0, 0.1) is 0 Å². The molecule has 0 unspecified atom stereocenters. The molecule has 1 aromatic heterocycles. The summed E-state index contributed by atoms with van der Waals surface area (Å²) in [6.45, 7) is 6.03. The minimum absolute atomic E-state index is 0.0806. The molecule has 1 saturated carbocycles. The maximum atomic E-state index is 12.2. The van der Waals surface area contributed by atoms with Gasteiger partial charge in [-0.3, -0.25) is 14.6 Å². The molecule has 27 heavy (non-hydrogen) atoms. The van der Waals surface area contributed by atoms with Gasteiger partial charge < -0.3 is 9.73 Å². The van der Waals surface area contributed by atoms with Crippen LogP contribution in [0.25, 0.3) is 11.5 Å².